The summed E-state index contributed by atoms with van der Waals surface area (Å²) in [7, 11) is 0. The second-order valence-electron chi connectivity index (χ2n) is 5.83. The summed E-state index contributed by atoms with van der Waals surface area (Å²) in [5.41, 5.74) is -0.776. The Kier molecular flexibility index (Phi) is 4.92. The number of amides is 2. The molecule has 0 saturated carbocycles. The van der Waals surface area contributed by atoms with Crippen molar-refractivity contribution in [3.05, 3.63) is 70.8 Å². The SMILES string of the molecule is O=C(c1cc(F)ccc1F)N1CCN(C(=O)c2cc(F)ccc2F)CC1. The Morgan fingerprint density at radius 3 is 1.35 bits per heavy atom. The number of carbonyl (C=O) groups is 2. The van der Waals surface area contributed by atoms with E-state index in [1.165, 1.54) is 9.80 Å². The van der Waals surface area contributed by atoms with Crippen LogP contribution in [0.1, 0.15) is 20.7 Å². The van der Waals surface area contributed by atoms with Gasteiger partial charge in [0.05, 0.1) is 11.1 Å². The van der Waals surface area contributed by atoms with Crippen LogP contribution < -0.4 is 0 Å². The highest BCUT2D eigenvalue weighted by Gasteiger charge is 2.28. The highest BCUT2D eigenvalue weighted by molar-refractivity contribution is 5.96. The summed E-state index contributed by atoms with van der Waals surface area (Å²) in [5.74, 6) is -4.51. The monoisotopic (exact) mass is 366 g/mol. The second kappa shape index (κ2) is 7.15. The molecule has 26 heavy (non-hydrogen) atoms. The minimum Gasteiger partial charge on any atom is -0.335 e. The Morgan fingerprint density at radius 1 is 0.654 bits per heavy atom. The Bertz CT molecular complexity index is 793. The molecule has 0 atom stereocenters. The first-order valence-corrected chi connectivity index (χ1v) is 7.85. The van der Waals surface area contributed by atoms with E-state index < -0.39 is 35.1 Å². The smallest absolute Gasteiger partial charge is 0.257 e. The predicted molar refractivity (Wildman–Crippen MR) is 84.5 cm³/mol. The third-order valence-corrected chi connectivity index (χ3v) is 4.17. The van der Waals surface area contributed by atoms with Crippen molar-refractivity contribution in [2.24, 2.45) is 0 Å². The minimum atomic E-state index is -0.836. The molecule has 136 valence electrons. The lowest BCUT2D eigenvalue weighted by atomic mass is 10.1. The van der Waals surface area contributed by atoms with E-state index in [1.807, 2.05) is 0 Å². The van der Waals surface area contributed by atoms with E-state index in [4.69, 9.17) is 0 Å². The molecule has 8 heteroatoms. The Labute approximate surface area is 146 Å². The highest BCUT2D eigenvalue weighted by atomic mass is 19.1. The van der Waals surface area contributed by atoms with Crippen LogP contribution in [0.2, 0.25) is 0 Å². The average molecular weight is 366 g/mol. The van der Waals surface area contributed by atoms with Crippen LogP contribution >= 0.6 is 0 Å². The predicted octanol–water partition coefficient (Wildman–Crippen LogP) is 2.84. The lowest BCUT2D eigenvalue weighted by Gasteiger charge is -2.35. The zero-order valence-corrected chi connectivity index (χ0v) is 13.5. The molecule has 0 aromatic heterocycles. The van der Waals surface area contributed by atoms with Gasteiger partial charge in [0, 0.05) is 26.2 Å². The Balaban J connectivity index is 1.69. The molecule has 2 aromatic rings. The molecule has 0 bridgehead atoms. The topological polar surface area (TPSA) is 40.6 Å². The third kappa shape index (κ3) is 3.54. The van der Waals surface area contributed by atoms with Gasteiger partial charge in [-0.3, -0.25) is 9.59 Å². The first-order chi connectivity index (χ1) is 12.4. The number of rotatable bonds is 2. The molecule has 0 unspecified atom stereocenters. The fourth-order valence-corrected chi connectivity index (χ4v) is 2.78. The summed E-state index contributed by atoms with van der Waals surface area (Å²) in [6.07, 6.45) is 0. The van der Waals surface area contributed by atoms with Crippen LogP contribution in [0.4, 0.5) is 17.6 Å². The number of hydrogen-bond acceptors (Lipinski definition) is 2. The quantitative estimate of drug-likeness (QED) is 0.767. The molecule has 4 nitrogen and oxygen atoms in total. The molecule has 2 amide bonds. The molecule has 0 N–H and O–H groups in total. The van der Waals surface area contributed by atoms with Crippen LogP contribution in [0, 0.1) is 23.3 Å². The second-order valence-corrected chi connectivity index (χ2v) is 5.83. The van der Waals surface area contributed by atoms with Crippen molar-refractivity contribution in [2.75, 3.05) is 26.2 Å². The number of halogens is 4. The summed E-state index contributed by atoms with van der Waals surface area (Å²) < 4.78 is 53.9. The van der Waals surface area contributed by atoms with Gasteiger partial charge in [0.25, 0.3) is 11.8 Å². The molecule has 1 saturated heterocycles. The van der Waals surface area contributed by atoms with E-state index in [0.29, 0.717) is 0 Å². The molecular formula is C18H14F4N2O2. The van der Waals surface area contributed by atoms with Gasteiger partial charge in [0.2, 0.25) is 0 Å². The van der Waals surface area contributed by atoms with Crippen LogP contribution in [-0.2, 0) is 0 Å². The minimum absolute atomic E-state index is 0.0669. The molecule has 1 heterocycles. The normalized spacial score (nSPS) is 14.5. The van der Waals surface area contributed by atoms with Gasteiger partial charge in [-0.2, -0.15) is 0 Å². The van der Waals surface area contributed by atoms with Crippen molar-refractivity contribution in [3.8, 4) is 0 Å². The van der Waals surface area contributed by atoms with Gasteiger partial charge in [0.15, 0.2) is 0 Å². The maximum Gasteiger partial charge on any atom is 0.257 e. The first kappa shape index (κ1) is 17.9. The number of carbonyl (C=O) groups excluding carboxylic acids is 2. The van der Waals surface area contributed by atoms with E-state index in [0.717, 1.165) is 36.4 Å². The number of hydrogen-bond donors (Lipinski definition) is 0. The molecule has 0 aliphatic carbocycles. The van der Waals surface area contributed by atoms with Gasteiger partial charge in [-0.05, 0) is 36.4 Å². The van der Waals surface area contributed by atoms with Gasteiger partial charge in [-0.25, -0.2) is 17.6 Å². The molecule has 3 rings (SSSR count). The van der Waals surface area contributed by atoms with Crippen molar-refractivity contribution in [1.29, 1.82) is 0 Å². The van der Waals surface area contributed by atoms with Crippen molar-refractivity contribution >= 4 is 11.8 Å². The first-order valence-electron chi connectivity index (χ1n) is 7.85. The van der Waals surface area contributed by atoms with Crippen molar-refractivity contribution in [3.63, 3.8) is 0 Å². The van der Waals surface area contributed by atoms with Crippen LogP contribution in [0.15, 0.2) is 36.4 Å². The van der Waals surface area contributed by atoms with Crippen molar-refractivity contribution in [1.82, 2.24) is 9.80 Å². The lowest BCUT2D eigenvalue weighted by molar-refractivity contribution is 0.0529. The standard InChI is InChI=1S/C18H14F4N2O2/c19-11-1-3-15(21)13(9-11)17(25)23-5-7-24(8-6-23)18(26)14-10-12(20)2-4-16(14)22/h1-4,9-10H,5-8H2. The van der Waals surface area contributed by atoms with Crippen LogP contribution in [0.25, 0.3) is 0 Å². The maximum absolute atomic E-state index is 13.7. The van der Waals surface area contributed by atoms with E-state index in [2.05, 4.69) is 0 Å². The van der Waals surface area contributed by atoms with E-state index in [-0.39, 0.29) is 37.3 Å². The summed E-state index contributed by atoms with van der Waals surface area (Å²) in [5, 5.41) is 0. The molecule has 1 aliphatic rings. The summed E-state index contributed by atoms with van der Waals surface area (Å²) in [6.45, 7) is 0.268. The molecule has 0 spiro atoms. The summed E-state index contributed by atoms with van der Waals surface area (Å²) in [6, 6.07) is 5.20. The molecule has 0 radical (unpaired) electrons. The van der Waals surface area contributed by atoms with Gasteiger partial charge in [0.1, 0.15) is 23.3 Å². The number of nitrogens with zero attached hydrogens (tertiary/aromatic N) is 2. The van der Waals surface area contributed by atoms with Gasteiger partial charge in [-0.15, -0.1) is 0 Å². The third-order valence-electron chi connectivity index (χ3n) is 4.17. The fraction of sp³-hybridized carbons (Fsp3) is 0.222. The maximum atomic E-state index is 13.7. The average Bonchev–Trinajstić information content (AvgIpc) is 2.64. The zero-order chi connectivity index (χ0) is 18.8. The largest absolute Gasteiger partial charge is 0.335 e. The molecule has 1 aliphatic heterocycles. The van der Waals surface area contributed by atoms with Crippen molar-refractivity contribution in [2.45, 2.75) is 0 Å². The van der Waals surface area contributed by atoms with Crippen LogP contribution in [0.3, 0.4) is 0 Å². The van der Waals surface area contributed by atoms with Crippen molar-refractivity contribution < 1.29 is 27.2 Å². The van der Waals surface area contributed by atoms with E-state index in [1.54, 1.807) is 0 Å². The van der Waals surface area contributed by atoms with Gasteiger partial charge in [-0.1, -0.05) is 0 Å². The summed E-state index contributed by atoms with van der Waals surface area (Å²) in [4.78, 5) is 27.2. The van der Waals surface area contributed by atoms with E-state index in [9.17, 15) is 27.2 Å². The molecule has 1 fully saturated rings. The lowest BCUT2D eigenvalue weighted by Crippen LogP contribution is -2.50. The zero-order valence-electron chi connectivity index (χ0n) is 13.5. The molecule has 2 aromatic carbocycles. The Hall–Kier alpha value is -2.90. The van der Waals surface area contributed by atoms with E-state index >= 15 is 0 Å². The van der Waals surface area contributed by atoms with Gasteiger partial charge >= 0.3 is 0 Å². The number of piperazine rings is 1. The molecular weight excluding hydrogens is 352 g/mol. The number of benzene rings is 2. The van der Waals surface area contributed by atoms with Crippen LogP contribution in [-0.4, -0.2) is 47.8 Å². The Morgan fingerprint density at radius 2 is 1.00 bits per heavy atom. The highest BCUT2D eigenvalue weighted by Crippen LogP contribution is 2.17. The van der Waals surface area contributed by atoms with Crippen LogP contribution in [0.5, 0.6) is 0 Å². The fourth-order valence-electron chi connectivity index (χ4n) is 2.78. The van der Waals surface area contributed by atoms with Gasteiger partial charge < -0.3 is 9.80 Å². The summed E-state index contributed by atoms with van der Waals surface area (Å²) >= 11 is 0.